The number of amides is 1. The Hall–Kier alpha value is -1.63. The van der Waals surface area contributed by atoms with Crippen molar-refractivity contribution in [2.75, 3.05) is 13.1 Å². The topological polar surface area (TPSA) is 46.3 Å². The molecule has 1 aromatic carbocycles. The van der Waals surface area contributed by atoms with Crippen LogP contribution in [0.5, 0.6) is 0 Å². The number of hydrogen-bond donors (Lipinski definition) is 1. The molecule has 1 atom stereocenters. The van der Waals surface area contributed by atoms with Crippen LogP contribution in [0.4, 0.5) is 17.6 Å². The van der Waals surface area contributed by atoms with Crippen LogP contribution in [0.1, 0.15) is 30.4 Å². The van der Waals surface area contributed by atoms with Crippen LogP contribution in [0.25, 0.3) is 0 Å². The average molecular weight is 318 g/mol. The van der Waals surface area contributed by atoms with Crippen LogP contribution in [-0.4, -0.2) is 23.9 Å². The first-order chi connectivity index (χ1) is 10.3. The number of piperidine rings is 1. The lowest BCUT2D eigenvalue weighted by atomic mass is 9.94. The minimum Gasteiger partial charge on any atom is -0.370 e. The van der Waals surface area contributed by atoms with Crippen LogP contribution in [0.3, 0.4) is 0 Å². The van der Waals surface area contributed by atoms with Gasteiger partial charge in [-0.3, -0.25) is 9.69 Å². The average Bonchev–Trinajstić information content (AvgIpc) is 2.39. The molecule has 0 spiro atoms. The van der Waals surface area contributed by atoms with Gasteiger partial charge in [-0.1, -0.05) is 0 Å². The van der Waals surface area contributed by atoms with Crippen LogP contribution >= 0.6 is 0 Å². The van der Waals surface area contributed by atoms with Gasteiger partial charge < -0.3 is 5.73 Å². The van der Waals surface area contributed by atoms with E-state index in [1.54, 1.807) is 0 Å². The van der Waals surface area contributed by atoms with Gasteiger partial charge >= 0.3 is 6.18 Å². The zero-order valence-electron chi connectivity index (χ0n) is 12.0. The standard InChI is InChI=1S/C15H18F4N2O/c16-13-4-3-12(15(17,18)19)7-11(13)9-21-5-1-2-10(8-21)6-14(20)22/h3-4,7,10H,1-2,5-6,8-9H2,(H2,20,22)/t10-/m0/s1. The molecule has 122 valence electrons. The molecular formula is C15H18F4N2O. The largest absolute Gasteiger partial charge is 0.416 e. The van der Waals surface area contributed by atoms with Gasteiger partial charge in [-0.25, -0.2) is 4.39 Å². The number of alkyl halides is 3. The fraction of sp³-hybridized carbons (Fsp3) is 0.533. The van der Waals surface area contributed by atoms with E-state index in [0.717, 1.165) is 31.0 Å². The molecule has 1 fully saturated rings. The zero-order chi connectivity index (χ0) is 16.3. The maximum Gasteiger partial charge on any atom is 0.416 e. The molecule has 0 radical (unpaired) electrons. The Morgan fingerprint density at radius 1 is 1.36 bits per heavy atom. The number of nitrogens with zero attached hydrogens (tertiary/aromatic N) is 1. The Morgan fingerprint density at radius 2 is 2.09 bits per heavy atom. The third-order valence-corrected chi connectivity index (χ3v) is 3.86. The van der Waals surface area contributed by atoms with Crippen molar-refractivity contribution < 1.29 is 22.4 Å². The highest BCUT2D eigenvalue weighted by atomic mass is 19.4. The third-order valence-electron chi connectivity index (χ3n) is 3.86. The fourth-order valence-electron chi connectivity index (χ4n) is 2.86. The van der Waals surface area contributed by atoms with Crippen molar-refractivity contribution in [3.05, 3.63) is 35.1 Å². The van der Waals surface area contributed by atoms with Crippen molar-refractivity contribution in [3.63, 3.8) is 0 Å². The molecule has 1 aliphatic heterocycles. The fourth-order valence-corrected chi connectivity index (χ4v) is 2.86. The van der Waals surface area contributed by atoms with Gasteiger partial charge in [-0.15, -0.1) is 0 Å². The van der Waals surface area contributed by atoms with Gasteiger partial charge in [0.25, 0.3) is 0 Å². The maximum absolute atomic E-state index is 13.8. The van der Waals surface area contributed by atoms with Crippen molar-refractivity contribution in [3.8, 4) is 0 Å². The van der Waals surface area contributed by atoms with Crippen molar-refractivity contribution >= 4 is 5.91 Å². The van der Waals surface area contributed by atoms with E-state index in [9.17, 15) is 22.4 Å². The second kappa shape index (κ2) is 6.64. The number of likely N-dealkylation sites (tertiary alicyclic amines) is 1. The molecule has 22 heavy (non-hydrogen) atoms. The summed E-state index contributed by atoms with van der Waals surface area (Å²) in [6, 6.07) is 2.45. The summed E-state index contributed by atoms with van der Waals surface area (Å²) in [4.78, 5) is 12.8. The van der Waals surface area contributed by atoms with E-state index in [1.807, 2.05) is 4.90 Å². The molecular weight excluding hydrogens is 300 g/mol. The Kier molecular flexibility index (Phi) is 5.05. The van der Waals surface area contributed by atoms with Gasteiger partial charge in [-0.2, -0.15) is 13.2 Å². The maximum atomic E-state index is 13.8. The first-order valence-corrected chi connectivity index (χ1v) is 7.12. The predicted molar refractivity (Wildman–Crippen MR) is 73.2 cm³/mol. The molecule has 3 nitrogen and oxygen atoms in total. The second-order valence-corrected chi connectivity index (χ2v) is 5.72. The summed E-state index contributed by atoms with van der Waals surface area (Å²) in [6.07, 6.45) is -2.57. The van der Waals surface area contributed by atoms with E-state index in [1.165, 1.54) is 0 Å². The Labute approximate surface area is 126 Å². The monoisotopic (exact) mass is 318 g/mol. The molecule has 0 unspecified atom stereocenters. The van der Waals surface area contributed by atoms with E-state index in [4.69, 9.17) is 5.73 Å². The number of rotatable bonds is 4. The first-order valence-electron chi connectivity index (χ1n) is 7.12. The quantitative estimate of drug-likeness (QED) is 0.868. The van der Waals surface area contributed by atoms with E-state index in [0.29, 0.717) is 13.1 Å². The molecule has 1 saturated heterocycles. The summed E-state index contributed by atoms with van der Waals surface area (Å²) in [7, 11) is 0. The molecule has 2 rings (SSSR count). The number of hydrogen-bond acceptors (Lipinski definition) is 2. The Balaban J connectivity index is 2.08. The lowest BCUT2D eigenvalue weighted by Gasteiger charge is -2.32. The highest BCUT2D eigenvalue weighted by Crippen LogP contribution is 2.31. The lowest BCUT2D eigenvalue weighted by molar-refractivity contribution is -0.137. The van der Waals surface area contributed by atoms with Crippen molar-refractivity contribution in [1.29, 1.82) is 0 Å². The van der Waals surface area contributed by atoms with Crippen molar-refractivity contribution in [2.45, 2.75) is 32.0 Å². The number of carbonyl (C=O) groups excluding carboxylic acids is 1. The van der Waals surface area contributed by atoms with Crippen LogP contribution in [0.15, 0.2) is 18.2 Å². The molecule has 7 heteroatoms. The number of nitrogens with two attached hydrogens (primary N) is 1. The number of carbonyl (C=O) groups is 1. The molecule has 1 aromatic rings. The van der Waals surface area contributed by atoms with Crippen molar-refractivity contribution in [1.82, 2.24) is 4.90 Å². The normalized spacial score (nSPS) is 20.1. The molecule has 2 N–H and O–H groups in total. The van der Waals surface area contributed by atoms with Crippen LogP contribution in [-0.2, 0) is 17.5 Å². The van der Waals surface area contributed by atoms with E-state index < -0.39 is 23.5 Å². The highest BCUT2D eigenvalue weighted by molar-refractivity contribution is 5.74. The molecule has 0 aromatic heterocycles. The van der Waals surface area contributed by atoms with Gasteiger partial charge in [0.2, 0.25) is 5.91 Å². The minimum atomic E-state index is -4.49. The van der Waals surface area contributed by atoms with Gasteiger partial charge in [0, 0.05) is 25.1 Å². The van der Waals surface area contributed by atoms with E-state index >= 15 is 0 Å². The molecule has 0 aliphatic carbocycles. The smallest absolute Gasteiger partial charge is 0.370 e. The second-order valence-electron chi connectivity index (χ2n) is 5.72. The molecule has 1 heterocycles. The summed E-state index contributed by atoms with van der Waals surface area (Å²) >= 11 is 0. The van der Waals surface area contributed by atoms with E-state index in [-0.39, 0.29) is 24.4 Å². The summed E-state index contributed by atoms with van der Waals surface area (Å²) < 4.78 is 51.8. The molecule has 1 amide bonds. The van der Waals surface area contributed by atoms with Crippen LogP contribution in [0, 0.1) is 11.7 Å². The minimum absolute atomic E-state index is 0.0227. The summed E-state index contributed by atoms with van der Waals surface area (Å²) in [5, 5.41) is 0. The van der Waals surface area contributed by atoms with Gasteiger partial charge in [0.1, 0.15) is 5.82 Å². The number of halogens is 4. The molecule has 0 bridgehead atoms. The summed E-state index contributed by atoms with van der Waals surface area (Å²) in [5.41, 5.74) is 4.34. The van der Waals surface area contributed by atoms with Gasteiger partial charge in [-0.05, 0) is 43.5 Å². The molecule has 0 saturated carbocycles. The molecule has 1 aliphatic rings. The summed E-state index contributed by atoms with van der Waals surface area (Å²) in [5.74, 6) is -0.956. The predicted octanol–water partition coefficient (Wildman–Crippen LogP) is 2.93. The first kappa shape index (κ1) is 16.7. The number of benzene rings is 1. The SMILES string of the molecule is NC(=O)C[C@@H]1CCCN(Cc2cc(C(F)(F)F)ccc2F)C1. The van der Waals surface area contributed by atoms with Crippen molar-refractivity contribution in [2.24, 2.45) is 11.7 Å². The van der Waals surface area contributed by atoms with Crippen LogP contribution in [0.2, 0.25) is 0 Å². The third kappa shape index (κ3) is 4.43. The van der Waals surface area contributed by atoms with Gasteiger partial charge in [0.05, 0.1) is 5.56 Å². The number of primary amides is 1. The lowest BCUT2D eigenvalue weighted by Crippen LogP contribution is -2.36. The zero-order valence-corrected chi connectivity index (χ0v) is 12.0. The van der Waals surface area contributed by atoms with E-state index in [2.05, 4.69) is 0 Å². The summed E-state index contributed by atoms with van der Waals surface area (Å²) in [6.45, 7) is 1.31. The van der Waals surface area contributed by atoms with Gasteiger partial charge in [0.15, 0.2) is 0 Å². The van der Waals surface area contributed by atoms with Crippen LogP contribution < -0.4 is 5.73 Å². The Bertz CT molecular complexity index is 545. The Morgan fingerprint density at radius 3 is 2.73 bits per heavy atom. The highest BCUT2D eigenvalue weighted by Gasteiger charge is 2.31.